The molecule has 0 saturated carbocycles. The Morgan fingerprint density at radius 2 is 1.95 bits per heavy atom. The van der Waals surface area contributed by atoms with Crippen molar-refractivity contribution in [1.29, 1.82) is 0 Å². The van der Waals surface area contributed by atoms with Gasteiger partial charge in [0, 0.05) is 0 Å². The Bertz CT molecular complexity index is 509. The summed E-state index contributed by atoms with van der Waals surface area (Å²) in [6.45, 7) is 2.38. The summed E-state index contributed by atoms with van der Waals surface area (Å²) in [4.78, 5) is 46.4. The van der Waals surface area contributed by atoms with Crippen molar-refractivity contribution in [3.63, 3.8) is 0 Å². The number of carboxylic acid groups (broad SMARTS) is 1. The summed E-state index contributed by atoms with van der Waals surface area (Å²) in [5, 5.41) is 21.9. The number of hydrogen-bond donors (Lipinski definition) is 3. The van der Waals surface area contributed by atoms with Gasteiger partial charge in [-0.15, -0.1) is 0 Å². The van der Waals surface area contributed by atoms with Gasteiger partial charge in [0.15, 0.2) is 0 Å². The van der Waals surface area contributed by atoms with Crippen molar-refractivity contribution in [2.45, 2.75) is 40.3 Å². The monoisotopic (exact) mass is 526 g/mol. The van der Waals surface area contributed by atoms with E-state index >= 15 is 0 Å². The number of amides is 1. The third-order valence-electron chi connectivity index (χ3n) is 3.29. The SMILES string of the molecule is [2H]CC/C=C/C(C(=O)N[CH]([RaH])C(C)=O)C(O)(CC(=O)O)C(C)=O. The van der Waals surface area contributed by atoms with Crippen LogP contribution in [0.4, 0.5) is 0 Å². The molecule has 120 valence electrons. The molecule has 0 saturated heterocycles. The van der Waals surface area contributed by atoms with Crippen LogP contribution in [0.25, 0.3) is 0 Å². The van der Waals surface area contributed by atoms with Gasteiger partial charge in [0.25, 0.3) is 0 Å². The summed E-state index contributed by atoms with van der Waals surface area (Å²) in [5.41, 5.74) is -2.40. The molecule has 0 aliphatic carbocycles. The Hall–Kier alpha value is -0.552. The molecular formula is C14H21NO6Ra. The molecule has 22 heavy (non-hydrogen) atoms. The number of rotatable bonds is 9. The number of aliphatic carboxylic acids is 1. The van der Waals surface area contributed by atoms with Crippen LogP contribution in [-0.2, 0) is 19.2 Å². The molecular weight excluding hydrogens is 504 g/mol. The molecule has 0 aliphatic heterocycles. The van der Waals surface area contributed by atoms with Gasteiger partial charge in [-0.1, -0.05) is 0 Å². The average Bonchev–Trinajstić information content (AvgIpc) is 2.41. The second kappa shape index (κ2) is 9.56. The predicted molar refractivity (Wildman–Crippen MR) is 74.8 cm³/mol. The predicted octanol–water partition coefficient (Wildman–Crippen LogP) is -0.324. The van der Waals surface area contributed by atoms with Gasteiger partial charge in [-0.25, -0.2) is 0 Å². The maximum absolute atomic E-state index is 12.4. The fraction of sp³-hybridized carbons (Fsp3) is 0.571. The number of carbonyl (C=O) groups is 4. The zero-order chi connectivity index (χ0) is 18.2. The van der Waals surface area contributed by atoms with Crippen LogP contribution in [0.5, 0.6) is 0 Å². The molecule has 1 amide bonds. The zero-order valence-corrected chi connectivity index (χ0v) is 21.2. The molecule has 8 heteroatoms. The van der Waals surface area contributed by atoms with E-state index in [1.54, 1.807) is 0 Å². The van der Waals surface area contributed by atoms with Crippen LogP contribution in [0, 0.1) is 48.7 Å². The van der Waals surface area contributed by atoms with Gasteiger partial charge in [0.2, 0.25) is 0 Å². The fourth-order valence-corrected chi connectivity index (χ4v) is 2.95. The molecule has 0 heterocycles. The van der Waals surface area contributed by atoms with Crippen LogP contribution in [0.3, 0.4) is 0 Å². The molecule has 0 aromatic heterocycles. The van der Waals surface area contributed by atoms with Gasteiger partial charge < -0.3 is 0 Å². The zero-order valence-electron chi connectivity index (χ0n) is 14.0. The minimum absolute atomic E-state index is 0.0452. The quantitative estimate of drug-likeness (QED) is 0.355. The first kappa shape index (κ1) is 19.5. The molecule has 0 radical (unpaired) electrons. The van der Waals surface area contributed by atoms with Crippen LogP contribution < -0.4 is 5.32 Å². The Labute approximate surface area is 159 Å². The van der Waals surface area contributed by atoms with E-state index in [2.05, 4.69) is 5.32 Å². The van der Waals surface area contributed by atoms with Crippen molar-refractivity contribution in [3.05, 3.63) is 12.2 Å². The molecule has 0 aromatic carbocycles. The summed E-state index contributed by atoms with van der Waals surface area (Å²) in [7, 11) is 0. The molecule has 0 aromatic rings. The second-order valence-electron chi connectivity index (χ2n) is 5.09. The molecule has 0 bridgehead atoms. The van der Waals surface area contributed by atoms with E-state index < -0.39 is 36.7 Å². The topological polar surface area (TPSA) is 121 Å². The summed E-state index contributed by atoms with van der Waals surface area (Å²) in [5.74, 6) is -4.69. The molecule has 0 aliphatic rings. The minimum atomic E-state index is -2.40. The van der Waals surface area contributed by atoms with Crippen LogP contribution in [0.2, 0.25) is 0 Å². The molecule has 0 rings (SSSR count). The summed E-state index contributed by atoms with van der Waals surface area (Å²) < 4.78 is 6.46. The summed E-state index contributed by atoms with van der Waals surface area (Å²) in [6.07, 6.45) is 2.04. The van der Waals surface area contributed by atoms with Crippen molar-refractivity contribution in [2.75, 3.05) is 0 Å². The Morgan fingerprint density at radius 3 is 2.36 bits per heavy atom. The van der Waals surface area contributed by atoms with E-state index in [4.69, 9.17) is 6.48 Å². The fourth-order valence-electron chi connectivity index (χ4n) is 1.78. The van der Waals surface area contributed by atoms with Crippen LogP contribution in [0.1, 0.15) is 35.0 Å². The van der Waals surface area contributed by atoms with Crippen molar-refractivity contribution < 1.29 is 73.6 Å². The first-order valence-corrected chi connectivity index (χ1v) is 11.5. The van der Waals surface area contributed by atoms with Crippen molar-refractivity contribution in [3.8, 4) is 0 Å². The van der Waals surface area contributed by atoms with Gasteiger partial charge in [0.05, 0.1) is 0 Å². The molecule has 3 N–H and O–H groups in total. The van der Waals surface area contributed by atoms with Crippen LogP contribution >= 0.6 is 0 Å². The van der Waals surface area contributed by atoms with Crippen molar-refractivity contribution in [1.82, 2.24) is 5.32 Å². The first-order chi connectivity index (χ1) is 10.6. The van der Waals surface area contributed by atoms with Crippen molar-refractivity contribution >= 4 is 23.4 Å². The molecule has 3 atom stereocenters. The average molecular weight is 526 g/mol. The second-order valence-corrected chi connectivity index (χ2v) is 9.83. The number of carbonyl (C=O) groups excluding carboxylic acids is 3. The van der Waals surface area contributed by atoms with Gasteiger partial charge in [-0.2, -0.15) is 0 Å². The Morgan fingerprint density at radius 1 is 1.36 bits per heavy atom. The normalized spacial score (nSPS) is 17.1. The van der Waals surface area contributed by atoms with Gasteiger partial charge in [-0.3, -0.25) is 0 Å². The molecule has 0 spiro atoms. The van der Waals surface area contributed by atoms with E-state index in [0.29, 0.717) is 0 Å². The van der Waals surface area contributed by atoms with Crippen LogP contribution in [0.15, 0.2) is 12.2 Å². The van der Waals surface area contributed by atoms with E-state index in [0.717, 1.165) is 6.92 Å². The van der Waals surface area contributed by atoms with E-state index in [1.807, 2.05) is 0 Å². The third kappa shape index (κ3) is 6.29. The standard InChI is InChI=1S/C14H20NO6.Ra.H/c1-4-5-6-11(13(20)15-8-9(2)16)14(21,10(3)17)7-12(18)19;;/h5-6,8,11,21H,4,7H2,1-3H3,(H,15,20)(H,18,19);;/b6-5+;;/i1D;;. The number of aliphatic hydroxyl groups is 1. The Kier molecular flexibility index (Phi) is 8.47. The number of ketones is 2. The third-order valence-corrected chi connectivity index (χ3v) is 7.82. The summed E-state index contributed by atoms with van der Waals surface area (Å²) >= 11 is -0.385. The van der Waals surface area contributed by atoms with Gasteiger partial charge >= 0.3 is 161 Å². The van der Waals surface area contributed by atoms with Gasteiger partial charge in [-0.05, 0) is 0 Å². The summed E-state index contributed by atoms with van der Waals surface area (Å²) in [6, 6.07) is 0. The molecule has 0 fully saturated rings. The first-order valence-electron chi connectivity index (χ1n) is 7.48. The number of nitrogens with one attached hydrogen (secondary N) is 1. The van der Waals surface area contributed by atoms with Crippen molar-refractivity contribution in [2.24, 2.45) is 5.92 Å². The Balaban J connectivity index is 5.63. The number of hydrogen-bond acceptors (Lipinski definition) is 5. The van der Waals surface area contributed by atoms with Crippen LogP contribution in [-0.4, -0.2) is 40.3 Å². The maximum atomic E-state index is 12.4. The number of allylic oxidation sites excluding steroid dienone is 1. The van der Waals surface area contributed by atoms with E-state index in [1.165, 1.54) is 19.1 Å². The number of carboxylic acids is 1. The van der Waals surface area contributed by atoms with Gasteiger partial charge in [0.1, 0.15) is 0 Å². The van der Waals surface area contributed by atoms with E-state index in [-0.39, 0.29) is 61.9 Å². The van der Waals surface area contributed by atoms with E-state index in [9.17, 15) is 24.3 Å². The molecule has 7 nitrogen and oxygen atoms in total. The number of Topliss-reactive ketones (excluding diaryl/α,β-unsaturated/α-hetero) is 2. The molecule has 3 unspecified atom stereocenters.